The topological polar surface area (TPSA) is 119 Å². The maximum Gasteiger partial charge on any atom is 0.258 e. The summed E-state index contributed by atoms with van der Waals surface area (Å²) in [5, 5.41) is 12.7. The molecule has 0 unspecified atom stereocenters. The molecule has 40 heavy (non-hydrogen) atoms. The quantitative estimate of drug-likeness (QED) is 0.421. The number of nitrogens with one attached hydrogen (secondary N) is 1. The van der Waals surface area contributed by atoms with Crippen LogP contribution in [0, 0.1) is 11.7 Å². The van der Waals surface area contributed by atoms with Crippen LogP contribution in [0.5, 0.6) is 5.75 Å². The summed E-state index contributed by atoms with van der Waals surface area (Å²) in [5.74, 6) is -1.15. The first kappa shape index (κ1) is 31.5. The van der Waals surface area contributed by atoms with Crippen molar-refractivity contribution >= 4 is 27.5 Å². The average Bonchev–Trinajstić information content (AvgIpc) is 2.90. The van der Waals surface area contributed by atoms with Crippen molar-refractivity contribution in [3.05, 3.63) is 53.8 Å². The lowest BCUT2D eigenvalue weighted by Gasteiger charge is -2.38. The minimum absolute atomic E-state index is 0.0415. The maximum atomic E-state index is 13.6. The van der Waals surface area contributed by atoms with Crippen molar-refractivity contribution in [1.82, 2.24) is 14.1 Å². The van der Waals surface area contributed by atoms with Gasteiger partial charge in [-0.1, -0.05) is 6.92 Å². The number of benzene rings is 2. The first-order valence-electron chi connectivity index (χ1n) is 13.2. The molecule has 1 aliphatic heterocycles. The lowest BCUT2D eigenvalue weighted by atomic mass is 9.99. The Balaban J connectivity index is 1.89. The predicted molar refractivity (Wildman–Crippen MR) is 150 cm³/mol. The van der Waals surface area contributed by atoms with E-state index in [1.165, 1.54) is 24.1 Å². The van der Waals surface area contributed by atoms with Crippen molar-refractivity contribution in [1.29, 1.82) is 0 Å². The van der Waals surface area contributed by atoms with Gasteiger partial charge in [0.15, 0.2) is 0 Å². The Morgan fingerprint density at radius 2 is 1.88 bits per heavy atom. The van der Waals surface area contributed by atoms with Gasteiger partial charge in [0.2, 0.25) is 15.9 Å². The highest BCUT2D eigenvalue weighted by Crippen LogP contribution is 2.31. The van der Waals surface area contributed by atoms with Crippen LogP contribution in [-0.2, 0) is 14.8 Å². The van der Waals surface area contributed by atoms with Crippen LogP contribution in [-0.4, -0.2) is 99.0 Å². The van der Waals surface area contributed by atoms with Gasteiger partial charge in [0, 0.05) is 31.6 Å². The van der Waals surface area contributed by atoms with Gasteiger partial charge >= 0.3 is 0 Å². The number of amides is 2. The summed E-state index contributed by atoms with van der Waals surface area (Å²) in [6.07, 6.45) is 0.343. The highest BCUT2D eigenvalue weighted by molar-refractivity contribution is 7.89. The van der Waals surface area contributed by atoms with E-state index in [4.69, 9.17) is 4.74 Å². The second kappa shape index (κ2) is 13.5. The zero-order valence-corrected chi connectivity index (χ0v) is 24.4. The Hall–Kier alpha value is -3.06. The summed E-state index contributed by atoms with van der Waals surface area (Å²) >= 11 is 0. The SMILES string of the molecule is C[C@@H]1CN([C@H](C)CO)C(=O)c2cc(NC(=O)CCCN(C)C)ccc2O[C@@H]1CN(C)S(=O)(=O)c1ccc(F)cc1. The molecule has 220 valence electrons. The molecule has 1 heterocycles. The van der Waals surface area contributed by atoms with Crippen LogP contribution in [0.4, 0.5) is 10.1 Å². The zero-order chi connectivity index (χ0) is 29.6. The Morgan fingerprint density at radius 3 is 2.50 bits per heavy atom. The van der Waals surface area contributed by atoms with Crippen LogP contribution < -0.4 is 10.1 Å². The normalized spacial score (nSPS) is 18.6. The smallest absolute Gasteiger partial charge is 0.258 e. The van der Waals surface area contributed by atoms with E-state index in [1.807, 2.05) is 25.9 Å². The minimum atomic E-state index is -3.94. The summed E-state index contributed by atoms with van der Waals surface area (Å²) in [5.41, 5.74) is 0.635. The van der Waals surface area contributed by atoms with Gasteiger partial charge in [-0.05, 0) is 76.4 Å². The number of hydrogen-bond donors (Lipinski definition) is 2. The molecule has 10 nitrogen and oxygen atoms in total. The lowest BCUT2D eigenvalue weighted by Crippen LogP contribution is -2.50. The number of carbonyl (C=O) groups excluding carboxylic acids is 2. The van der Waals surface area contributed by atoms with Gasteiger partial charge < -0.3 is 25.0 Å². The molecule has 0 radical (unpaired) electrons. The summed E-state index contributed by atoms with van der Waals surface area (Å²) in [6, 6.07) is 8.85. The number of nitrogens with zero attached hydrogens (tertiary/aromatic N) is 3. The molecule has 12 heteroatoms. The van der Waals surface area contributed by atoms with Crippen LogP contribution in [0.2, 0.25) is 0 Å². The minimum Gasteiger partial charge on any atom is -0.488 e. The van der Waals surface area contributed by atoms with E-state index in [9.17, 15) is 27.5 Å². The number of anilines is 1. The molecule has 3 rings (SSSR count). The Labute approximate surface area is 235 Å². The van der Waals surface area contributed by atoms with Gasteiger partial charge in [-0.15, -0.1) is 0 Å². The van der Waals surface area contributed by atoms with Crippen molar-refractivity contribution in [3.63, 3.8) is 0 Å². The number of halogens is 1. The molecule has 2 aromatic carbocycles. The number of likely N-dealkylation sites (N-methyl/N-ethyl adjacent to an activating group) is 1. The van der Waals surface area contributed by atoms with Crippen molar-refractivity contribution in [2.75, 3.05) is 52.7 Å². The third-order valence-electron chi connectivity index (χ3n) is 6.92. The third kappa shape index (κ3) is 7.78. The van der Waals surface area contributed by atoms with Gasteiger partial charge in [0.25, 0.3) is 5.91 Å². The summed E-state index contributed by atoms with van der Waals surface area (Å²) in [6.45, 7) is 4.24. The van der Waals surface area contributed by atoms with Gasteiger partial charge in [-0.25, -0.2) is 12.8 Å². The van der Waals surface area contributed by atoms with Crippen LogP contribution in [0.3, 0.4) is 0 Å². The van der Waals surface area contributed by atoms with Gasteiger partial charge in [-0.3, -0.25) is 9.59 Å². The van der Waals surface area contributed by atoms with Crippen molar-refractivity contribution in [2.45, 2.75) is 43.7 Å². The molecule has 0 saturated carbocycles. The first-order chi connectivity index (χ1) is 18.8. The largest absolute Gasteiger partial charge is 0.488 e. The summed E-state index contributed by atoms with van der Waals surface area (Å²) in [4.78, 5) is 29.5. The van der Waals surface area contributed by atoms with Crippen LogP contribution in [0.1, 0.15) is 37.0 Å². The molecule has 1 aliphatic rings. The summed E-state index contributed by atoms with van der Waals surface area (Å²) < 4.78 is 47.1. The molecule has 0 aliphatic carbocycles. The number of rotatable bonds is 11. The van der Waals surface area contributed by atoms with E-state index < -0.39 is 28.0 Å². The van der Waals surface area contributed by atoms with Crippen molar-refractivity contribution in [2.24, 2.45) is 5.92 Å². The molecule has 0 fully saturated rings. The van der Waals surface area contributed by atoms with E-state index in [1.54, 1.807) is 25.1 Å². The molecule has 0 spiro atoms. The molecule has 2 aromatic rings. The van der Waals surface area contributed by atoms with Crippen LogP contribution in [0.15, 0.2) is 47.4 Å². The van der Waals surface area contributed by atoms with Crippen molar-refractivity contribution < 1.29 is 32.2 Å². The zero-order valence-electron chi connectivity index (χ0n) is 23.6. The molecule has 0 aromatic heterocycles. The fraction of sp³-hybridized carbons (Fsp3) is 0.500. The Morgan fingerprint density at radius 1 is 1.20 bits per heavy atom. The number of ether oxygens (including phenoxy) is 1. The molecular weight excluding hydrogens is 539 g/mol. The van der Waals surface area contributed by atoms with E-state index in [0.717, 1.165) is 23.0 Å². The Bertz CT molecular complexity index is 1290. The second-order valence-corrected chi connectivity index (χ2v) is 12.6. The Kier molecular flexibility index (Phi) is 10.6. The molecule has 2 amide bonds. The third-order valence-corrected chi connectivity index (χ3v) is 8.75. The van der Waals surface area contributed by atoms with E-state index >= 15 is 0 Å². The van der Waals surface area contributed by atoms with E-state index in [0.29, 0.717) is 18.5 Å². The number of aliphatic hydroxyl groups excluding tert-OH is 1. The highest BCUT2D eigenvalue weighted by atomic mass is 32.2. The molecular formula is C28H39FN4O6S. The first-order valence-corrected chi connectivity index (χ1v) is 14.7. The number of aliphatic hydroxyl groups is 1. The summed E-state index contributed by atoms with van der Waals surface area (Å²) in [7, 11) is 1.34. The second-order valence-electron chi connectivity index (χ2n) is 10.5. The number of carbonyl (C=O) groups is 2. The predicted octanol–water partition coefficient (Wildman–Crippen LogP) is 2.65. The van der Waals surface area contributed by atoms with Crippen LogP contribution >= 0.6 is 0 Å². The average molecular weight is 579 g/mol. The standard InChI is InChI=1S/C28H39FN4O6S/c1-19-16-33(20(2)18-34)28(36)24-15-22(30-27(35)7-6-14-31(3)4)10-13-25(24)39-26(19)17-32(5)40(37,38)23-11-8-21(29)9-12-23/h8-13,15,19-20,26,34H,6-7,14,16-18H2,1-5H3,(H,30,35)/t19-,20-,26-/m1/s1. The molecule has 0 saturated heterocycles. The highest BCUT2D eigenvalue weighted by Gasteiger charge is 2.35. The number of fused-ring (bicyclic) bond motifs is 1. The fourth-order valence-electron chi connectivity index (χ4n) is 4.44. The van der Waals surface area contributed by atoms with E-state index in [2.05, 4.69) is 5.32 Å². The molecule has 0 bridgehead atoms. The van der Waals surface area contributed by atoms with Gasteiger partial charge in [0.05, 0.1) is 29.7 Å². The van der Waals surface area contributed by atoms with Crippen LogP contribution in [0.25, 0.3) is 0 Å². The number of hydrogen-bond acceptors (Lipinski definition) is 7. The van der Waals surface area contributed by atoms with Gasteiger partial charge in [-0.2, -0.15) is 4.31 Å². The monoisotopic (exact) mass is 578 g/mol. The molecule has 3 atom stereocenters. The number of sulfonamides is 1. The maximum absolute atomic E-state index is 13.6. The lowest BCUT2D eigenvalue weighted by molar-refractivity contribution is -0.116. The molecule has 2 N–H and O–H groups in total. The van der Waals surface area contributed by atoms with E-state index in [-0.39, 0.29) is 53.6 Å². The van der Waals surface area contributed by atoms with Gasteiger partial charge in [0.1, 0.15) is 17.7 Å². The fourth-order valence-corrected chi connectivity index (χ4v) is 5.62. The van der Waals surface area contributed by atoms with Crippen molar-refractivity contribution in [3.8, 4) is 5.75 Å².